The zero-order valence-electron chi connectivity index (χ0n) is 11.4. The number of hydrogen-bond donors (Lipinski definition) is 2. The number of nitrogens with zero attached hydrogens (tertiary/aromatic N) is 1. The van der Waals surface area contributed by atoms with E-state index in [4.69, 9.17) is 5.73 Å². The monoisotopic (exact) mass is 351 g/mol. The fraction of sp³-hybridized carbons (Fsp3) is 0.200. The van der Waals surface area contributed by atoms with Crippen molar-refractivity contribution in [2.45, 2.75) is 19.4 Å². The summed E-state index contributed by atoms with van der Waals surface area (Å²) in [6, 6.07) is 7.73. The third-order valence-electron chi connectivity index (χ3n) is 2.96. The van der Waals surface area contributed by atoms with Crippen molar-refractivity contribution in [3.8, 4) is 0 Å². The first-order valence-electron chi connectivity index (χ1n) is 6.42. The summed E-state index contributed by atoms with van der Waals surface area (Å²) < 4.78 is 13.5. The van der Waals surface area contributed by atoms with Gasteiger partial charge in [0, 0.05) is 16.7 Å². The fourth-order valence-corrected chi connectivity index (χ4v) is 2.29. The number of carbonyl (C=O) groups is 1. The molecule has 0 aliphatic heterocycles. The summed E-state index contributed by atoms with van der Waals surface area (Å²) in [5, 5.41) is 2.85. The van der Waals surface area contributed by atoms with Gasteiger partial charge in [-0.15, -0.1) is 0 Å². The summed E-state index contributed by atoms with van der Waals surface area (Å²) in [4.78, 5) is 16.1. The molecule has 0 saturated heterocycles. The summed E-state index contributed by atoms with van der Waals surface area (Å²) in [7, 11) is 0. The van der Waals surface area contributed by atoms with Crippen LogP contribution in [0.15, 0.2) is 41.0 Å². The van der Waals surface area contributed by atoms with Gasteiger partial charge in [-0.25, -0.2) is 9.37 Å². The van der Waals surface area contributed by atoms with Crippen molar-refractivity contribution < 1.29 is 9.18 Å². The molecule has 2 aromatic rings. The first-order valence-corrected chi connectivity index (χ1v) is 7.21. The molecule has 4 nitrogen and oxygen atoms in total. The normalized spacial score (nSPS) is 12.0. The van der Waals surface area contributed by atoms with Crippen LogP contribution in [0.3, 0.4) is 0 Å². The van der Waals surface area contributed by atoms with E-state index in [9.17, 15) is 9.18 Å². The number of rotatable bonds is 4. The highest BCUT2D eigenvalue weighted by Gasteiger charge is 2.14. The Bertz CT molecular complexity index is 646. The van der Waals surface area contributed by atoms with Crippen LogP contribution < -0.4 is 11.1 Å². The molecule has 0 radical (unpaired) electrons. The predicted octanol–water partition coefficient (Wildman–Crippen LogP) is 2.93. The average Bonchev–Trinajstić information content (AvgIpc) is 2.44. The molecule has 2 rings (SSSR count). The Morgan fingerprint density at radius 1 is 1.43 bits per heavy atom. The Morgan fingerprint density at radius 3 is 2.76 bits per heavy atom. The van der Waals surface area contributed by atoms with Crippen LogP contribution in [0.5, 0.6) is 0 Å². The van der Waals surface area contributed by atoms with Gasteiger partial charge in [-0.05, 0) is 53.0 Å². The lowest BCUT2D eigenvalue weighted by Gasteiger charge is -2.15. The van der Waals surface area contributed by atoms with Gasteiger partial charge < -0.3 is 11.1 Å². The Kier molecular flexibility index (Phi) is 4.90. The van der Waals surface area contributed by atoms with Gasteiger partial charge in [0.25, 0.3) is 5.91 Å². The van der Waals surface area contributed by atoms with Gasteiger partial charge in [0.2, 0.25) is 0 Å². The Hall–Kier alpha value is -1.95. The second-order valence-corrected chi connectivity index (χ2v) is 5.71. The highest BCUT2D eigenvalue weighted by Crippen LogP contribution is 2.15. The molecule has 0 aliphatic rings. The number of nitrogens with one attached hydrogen (secondary N) is 1. The third-order valence-corrected chi connectivity index (χ3v) is 3.40. The van der Waals surface area contributed by atoms with Crippen molar-refractivity contribution in [2.24, 2.45) is 0 Å². The fourth-order valence-electron chi connectivity index (χ4n) is 1.96. The summed E-state index contributed by atoms with van der Waals surface area (Å²) in [5.41, 5.74) is 6.98. The maximum absolute atomic E-state index is 12.8. The molecule has 0 bridgehead atoms. The Balaban J connectivity index is 2.01. The molecule has 1 unspecified atom stereocenters. The number of hydrogen-bond acceptors (Lipinski definition) is 3. The molecule has 1 heterocycles. The maximum atomic E-state index is 12.8. The van der Waals surface area contributed by atoms with Gasteiger partial charge in [0.15, 0.2) is 0 Å². The molecule has 6 heteroatoms. The molecule has 0 spiro atoms. The van der Waals surface area contributed by atoms with Crippen LogP contribution in [0.4, 0.5) is 10.2 Å². The first-order chi connectivity index (χ1) is 9.95. The van der Waals surface area contributed by atoms with E-state index in [2.05, 4.69) is 26.2 Å². The minimum absolute atomic E-state index is 0.110. The van der Waals surface area contributed by atoms with Crippen molar-refractivity contribution in [3.05, 3.63) is 57.9 Å². The topological polar surface area (TPSA) is 68.0 Å². The molecular weight excluding hydrogens is 337 g/mol. The van der Waals surface area contributed by atoms with Crippen molar-refractivity contribution >= 4 is 27.7 Å². The molecule has 3 N–H and O–H groups in total. The lowest BCUT2D eigenvalue weighted by molar-refractivity contribution is 0.0940. The molecule has 1 atom stereocenters. The maximum Gasteiger partial charge on any atom is 0.255 e. The van der Waals surface area contributed by atoms with E-state index >= 15 is 0 Å². The van der Waals surface area contributed by atoms with Crippen molar-refractivity contribution in [3.63, 3.8) is 0 Å². The number of amides is 1. The molecule has 1 aromatic carbocycles. The van der Waals surface area contributed by atoms with E-state index in [-0.39, 0.29) is 23.6 Å². The van der Waals surface area contributed by atoms with E-state index in [1.165, 1.54) is 18.3 Å². The van der Waals surface area contributed by atoms with Gasteiger partial charge in [-0.1, -0.05) is 12.1 Å². The summed E-state index contributed by atoms with van der Waals surface area (Å²) in [6.45, 7) is 1.88. The number of aromatic nitrogens is 1. The van der Waals surface area contributed by atoms with Crippen LogP contribution in [0.25, 0.3) is 0 Å². The minimum atomic E-state index is -0.282. The van der Waals surface area contributed by atoms with E-state index in [1.807, 2.05) is 6.92 Å². The van der Waals surface area contributed by atoms with Crippen LogP contribution in [-0.2, 0) is 6.42 Å². The van der Waals surface area contributed by atoms with Gasteiger partial charge in [0.1, 0.15) is 11.6 Å². The second kappa shape index (κ2) is 6.67. The molecule has 110 valence electrons. The summed E-state index contributed by atoms with van der Waals surface area (Å²) >= 11 is 3.26. The predicted molar refractivity (Wildman–Crippen MR) is 83.4 cm³/mol. The van der Waals surface area contributed by atoms with Crippen LogP contribution in [-0.4, -0.2) is 16.9 Å². The van der Waals surface area contributed by atoms with Gasteiger partial charge in [0.05, 0.1) is 5.56 Å². The van der Waals surface area contributed by atoms with Crippen molar-refractivity contribution in [2.75, 3.05) is 5.73 Å². The van der Waals surface area contributed by atoms with Crippen molar-refractivity contribution in [1.82, 2.24) is 10.3 Å². The zero-order chi connectivity index (χ0) is 15.4. The SMILES string of the molecule is CC(Cc1ccc(F)cc1)NC(=O)c1cc(Br)cnc1N. The Labute approximate surface area is 130 Å². The number of carbonyl (C=O) groups excluding carboxylic acids is 1. The lowest BCUT2D eigenvalue weighted by Crippen LogP contribution is -2.34. The molecule has 1 amide bonds. The zero-order valence-corrected chi connectivity index (χ0v) is 13.0. The quantitative estimate of drug-likeness (QED) is 0.889. The van der Waals surface area contributed by atoms with Crippen LogP contribution >= 0.6 is 15.9 Å². The summed E-state index contributed by atoms with van der Waals surface area (Å²) in [5.74, 6) is -0.371. The number of halogens is 2. The van der Waals surface area contributed by atoms with Gasteiger partial charge in [-0.3, -0.25) is 4.79 Å². The molecule has 0 saturated carbocycles. The standard InChI is InChI=1S/C15H15BrFN3O/c1-9(6-10-2-4-12(17)5-3-10)20-15(21)13-7-11(16)8-19-14(13)18/h2-5,7-9H,6H2,1H3,(H2,18,19)(H,20,21). The van der Waals surface area contributed by atoms with Gasteiger partial charge >= 0.3 is 0 Å². The average molecular weight is 352 g/mol. The van der Waals surface area contributed by atoms with E-state index in [0.717, 1.165) is 5.56 Å². The van der Waals surface area contributed by atoms with Crippen molar-refractivity contribution in [1.29, 1.82) is 0 Å². The number of pyridine rings is 1. The molecule has 0 aliphatic carbocycles. The lowest BCUT2D eigenvalue weighted by atomic mass is 10.1. The second-order valence-electron chi connectivity index (χ2n) is 4.79. The molecule has 21 heavy (non-hydrogen) atoms. The molecule has 0 fully saturated rings. The molecular formula is C15H15BrFN3O. The third kappa shape index (κ3) is 4.26. The highest BCUT2D eigenvalue weighted by atomic mass is 79.9. The molecule has 1 aromatic heterocycles. The van der Waals surface area contributed by atoms with Crippen LogP contribution in [0.1, 0.15) is 22.8 Å². The minimum Gasteiger partial charge on any atom is -0.383 e. The number of anilines is 1. The first kappa shape index (κ1) is 15.4. The number of benzene rings is 1. The summed E-state index contributed by atoms with van der Waals surface area (Å²) in [6.07, 6.45) is 2.14. The van der Waals surface area contributed by atoms with E-state index < -0.39 is 0 Å². The van der Waals surface area contributed by atoms with Crippen LogP contribution in [0.2, 0.25) is 0 Å². The Morgan fingerprint density at radius 2 is 2.10 bits per heavy atom. The van der Waals surface area contributed by atoms with E-state index in [1.54, 1.807) is 18.2 Å². The van der Waals surface area contributed by atoms with E-state index in [0.29, 0.717) is 16.5 Å². The largest absolute Gasteiger partial charge is 0.383 e. The number of nitrogens with two attached hydrogens (primary N) is 1. The van der Waals surface area contributed by atoms with Crippen LogP contribution in [0, 0.1) is 5.82 Å². The smallest absolute Gasteiger partial charge is 0.255 e. The van der Waals surface area contributed by atoms with Gasteiger partial charge in [-0.2, -0.15) is 0 Å². The number of nitrogen functional groups attached to an aromatic ring is 1. The highest BCUT2D eigenvalue weighted by molar-refractivity contribution is 9.10.